The van der Waals surface area contributed by atoms with Crippen molar-refractivity contribution in [2.24, 2.45) is 5.41 Å². The van der Waals surface area contributed by atoms with Gasteiger partial charge >= 0.3 is 210 Å². The second-order valence-electron chi connectivity index (χ2n) is 9.32. The molecule has 2 aliphatic rings. The summed E-state index contributed by atoms with van der Waals surface area (Å²) in [4.78, 5) is 13.5. The van der Waals surface area contributed by atoms with Crippen LogP contribution in [0.2, 0.25) is 0 Å². The van der Waals surface area contributed by atoms with Crippen molar-refractivity contribution in [3.05, 3.63) is 70.9 Å². The van der Waals surface area contributed by atoms with Crippen molar-refractivity contribution < 1.29 is 35.1 Å². The Hall–Kier alpha value is -2.93. The Labute approximate surface area is 209 Å². The van der Waals surface area contributed by atoms with Crippen LogP contribution < -0.4 is 21.2 Å². The average Bonchev–Trinajstić information content (AvgIpc) is 3.33. The summed E-state index contributed by atoms with van der Waals surface area (Å²) in [5, 5.41) is 25.1. The number of aromatic nitrogens is 7. The second-order valence-corrected chi connectivity index (χ2v) is 12.0. The summed E-state index contributed by atoms with van der Waals surface area (Å²) in [6, 6.07) is 7.53. The summed E-state index contributed by atoms with van der Waals surface area (Å²) in [6.07, 6.45) is 1.69. The van der Waals surface area contributed by atoms with E-state index in [9.17, 15) is 13.9 Å². The Bertz CT molecular complexity index is 1440. The monoisotopic (exact) mass is 588 g/mol. The molecule has 8 nitrogen and oxygen atoms in total. The van der Waals surface area contributed by atoms with Gasteiger partial charge < -0.3 is 0 Å². The van der Waals surface area contributed by atoms with E-state index in [4.69, 9.17) is 4.98 Å². The Kier molecular flexibility index (Phi) is 5.18. The summed E-state index contributed by atoms with van der Waals surface area (Å²) < 4.78 is 31.0. The molecule has 2 bridgehead atoms. The number of alkyl halides is 2. The number of aliphatic hydroxyl groups is 1. The fourth-order valence-corrected chi connectivity index (χ4v) is 10.4. The van der Waals surface area contributed by atoms with Gasteiger partial charge in [-0.1, -0.05) is 0 Å². The molecule has 6 rings (SSSR count). The van der Waals surface area contributed by atoms with E-state index < -0.39 is 17.0 Å². The average molecular weight is 588 g/mol. The number of hydrogen-bond donors (Lipinski definition) is 2. The zero-order chi connectivity index (χ0) is 24.4. The van der Waals surface area contributed by atoms with Gasteiger partial charge in [-0.2, -0.15) is 0 Å². The molecule has 4 heterocycles. The molecule has 1 aromatic carbocycles. The number of aliphatic hydroxyl groups excluding tert-OH is 1. The predicted octanol–water partition coefficient (Wildman–Crippen LogP) is 0.00130. The van der Waals surface area contributed by atoms with Crippen molar-refractivity contribution in [2.75, 3.05) is 8.86 Å². The molecule has 4 aromatic rings. The van der Waals surface area contributed by atoms with Gasteiger partial charge in [0.15, 0.2) is 0 Å². The first kappa shape index (κ1) is 22.5. The molecule has 2 atom stereocenters. The molecule has 0 radical (unpaired) electrons. The summed E-state index contributed by atoms with van der Waals surface area (Å²) >= 11 is -0.175. The second kappa shape index (κ2) is 8.05. The van der Waals surface area contributed by atoms with E-state index >= 15 is 0 Å². The number of nitrogens with zero attached hydrogens (tertiary/aromatic N) is 6. The van der Waals surface area contributed by atoms with Gasteiger partial charge in [-0.05, 0) is 0 Å². The number of aromatic amines is 1. The third-order valence-corrected chi connectivity index (χ3v) is 10.5. The number of H-pyrrole nitrogens is 1. The van der Waals surface area contributed by atoms with E-state index in [1.54, 1.807) is 6.20 Å². The van der Waals surface area contributed by atoms with Gasteiger partial charge in [-0.25, -0.2) is 0 Å². The van der Waals surface area contributed by atoms with Gasteiger partial charge in [0.05, 0.1) is 0 Å². The van der Waals surface area contributed by atoms with Crippen LogP contribution in [0.3, 0.4) is 0 Å². The molecule has 0 saturated carbocycles. The van der Waals surface area contributed by atoms with Crippen molar-refractivity contribution in [2.45, 2.75) is 31.8 Å². The van der Waals surface area contributed by atoms with Crippen molar-refractivity contribution in [1.82, 2.24) is 35.3 Å². The summed E-state index contributed by atoms with van der Waals surface area (Å²) in [5.41, 5.74) is 1.91. The van der Waals surface area contributed by atoms with Crippen molar-refractivity contribution in [3.8, 4) is 22.9 Å². The van der Waals surface area contributed by atoms with E-state index in [0.717, 1.165) is 25.8 Å². The SMILES string of the molecule is CC1(C)[C@H]2C[I-]C[C@]1(c1ccnc(-c3n[nH]c(CO)n3)n1)c1nnc(-c3c(F)cccc3F)cc12. The van der Waals surface area contributed by atoms with Crippen LogP contribution in [0, 0.1) is 17.0 Å². The molecule has 0 amide bonds. The van der Waals surface area contributed by atoms with E-state index in [-0.39, 0.29) is 50.4 Å². The first-order valence-electron chi connectivity index (χ1n) is 11.1. The van der Waals surface area contributed by atoms with Gasteiger partial charge in [0.25, 0.3) is 0 Å². The Morgan fingerprint density at radius 3 is 2.66 bits per heavy atom. The van der Waals surface area contributed by atoms with Gasteiger partial charge in [0, 0.05) is 0 Å². The third-order valence-electron chi connectivity index (χ3n) is 7.33. The Morgan fingerprint density at radius 2 is 1.91 bits per heavy atom. The first-order valence-corrected chi connectivity index (χ1v) is 14.1. The number of nitrogens with one attached hydrogen (secondary N) is 1. The van der Waals surface area contributed by atoms with Crippen LogP contribution in [0.5, 0.6) is 0 Å². The zero-order valence-corrected chi connectivity index (χ0v) is 21.1. The Balaban J connectivity index is 1.53. The third kappa shape index (κ3) is 3.17. The molecule has 11 heteroatoms. The van der Waals surface area contributed by atoms with Crippen molar-refractivity contribution >= 4 is 0 Å². The maximum atomic E-state index is 14.5. The zero-order valence-electron chi connectivity index (χ0n) is 18.9. The number of halogens is 3. The molecular formula is C24H21F2IN7O-. The van der Waals surface area contributed by atoms with Crippen LogP contribution in [0.4, 0.5) is 8.78 Å². The molecular weight excluding hydrogens is 567 g/mol. The summed E-state index contributed by atoms with van der Waals surface area (Å²) in [7, 11) is 0. The molecule has 1 fully saturated rings. The molecule has 2 N–H and O–H groups in total. The van der Waals surface area contributed by atoms with Crippen LogP contribution in [-0.2, 0) is 12.0 Å². The summed E-state index contributed by atoms with van der Waals surface area (Å²) in [6.45, 7) is 4.16. The number of fused-ring (bicyclic) bond motifs is 5. The molecule has 35 heavy (non-hydrogen) atoms. The van der Waals surface area contributed by atoms with Crippen molar-refractivity contribution in [3.63, 3.8) is 0 Å². The Morgan fingerprint density at radius 1 is 1.11 bits per heavy atom. The normalized spacial score (nSPS) is 22.5. The van der Waals surface area contributed by atoms with E-state index in [1.807, 2.05) is 12.1 Å². The predicted molar refractivity (Wildman–Crippen MR) is 118 cm³/mol. The molecule has 1 saturated heterocycles. The fraction of sp³-hybridized carbons (Fsp3) is 0.333. The molecule has 0 spiro atoms. The minimum atomic E-state index is -0.657. The van der Waals surface area contributed by atoms with E-state index in [2.05, 4.69) is 44.2 Å². The molecule has 0 unspecified atom stereocenters. The van der Waals surface area contributed by atoms with Crippen LogP contribution in [0.15, 0.2) is 36.5 Å². The van der Waals surface area contributed by atoms with Crippen LogP contribution in [-0.4, -0.2) is 49.3 Å². The van der Waals surface area contributed by atoms with Gasteiger partial charge in [0.1, 0.15) is 0 Å². The summed E-state index contributed by atoms with van der Waals surface area (Å²) in [5.74, 6) is -0.143. The number of hydrogen-bond acceptors (Lipinski definition) is 7. The van der Waals surface area contributed by atoms with E-state index in [1.165, 1.54) is 18.2 Å². The number of benzene rings is 1. The van der Waals surface area contributed by atoms with E-state index in [0.29, 0.717) is 17.5 Å². The van der Waals surface area contributed by atoms with Gasteiger partial charge in [-0.3, -0.25) is 0 Å². The number of rotatable bonds is 4. The van der Waals surface area contributed by atoms with Crippen LogP contribution in [0.25, 0.3) is 22.9 Å². The minimum absolute atomic E-state index is 0.153. The van der Waals surface area contributed by atoms with Gasteiger partial charge in [-0.15, -0.1) is 0 Å². The molecule has 180 valence electrons. The molecule has 1 aliphatic carbocycles. The maximum absolute atomic E-state index is 14.5. The standard InChI is InChI=1S/C24H21F2IN7O/c1-23(2)13-9-27-11-24(23,17-6-7-28-21(29-17)22-30-18(10-35)32-34-22)20-12(13)8-16(31-33-20)19-14(25)4-3-5-15(19)26/h3-8,13,35H,9-11H2,1-2H3,(H,30,32,34)/q-1/t13-,24-/m0/s1. The quantitative estimate of drug-likeness (QED) is 0.255. The first-order chi connectivity index (χ1) is 16.9. The van der Waals surface area contributed by atoms with Gasteiger partial charge in [0.2, 0.25) is 0 Å². The molecule has 3 aromatic heterocycles. The molecule has 1 aliphatic heterocycles. The van der Waals surface area contributed by atoms with Crippen LogP contribution in [0.1, 0.15) is 42.5 Å². The fourth-order valence-electron chi connectivity index (χ4n) is 5.37. The van der Waals surface area contributed by atoms with Crippen molar-refractivity contribution in [1.29, 1.82) is 0 Å². The van der Waals surface area contributed by atoms with Crippen LogP contribution >= 0.6 is 0 Å². The topological polar surface area (TPSA) is 113 Å².